The highest BCUT2D eigenvalue weighted by Crippen LogP contribution is 2.31. The molecule has 4 heteroatoms. The van der Waals surface area contributed by atoms with Gasteiger partial charge in [0.2, 0.25) is 0 Å². The first kappa shape index (κ1) is 14.6. The van der Waals surface area contributed by atoms with Crippen LogP contribution in [0.5, 0.6) is 5.75 Å². The van der Waals surface area contributed by atoms with Crippen LogP contribution in [0.1, 0.15) is 37.3 Å². The lowest BCUT2D eigenvalue weighted by Gasteiger charge is -2.19. The molecule has 0 saturated heterocycles. The number of methoxy groups -OCH3 is 1. The van der Waals surface area contributed by atoms with E-state index in [2.05, 4.69) is 24.5 Å². The number of nitrogens with zero attached hydrogens (tertiary/aromatic N) is 2. The quantitative estimate of drug-likeness (QED) is 0.799. The van der Waals surface area contributed by atoms with Gasteiger partial charge in [-0.1, -0.05) is 30.3 Å². The Morgan fingerprint density at radius 1 is 1.05 bits per heavy atom. The van der Waals surface area contributed by atoms with Crippen molar-refractivity contribution in [1.29, 1.82) is 0 Å². The van der Waals surface area contributed by atoms with E-state index in [9.17, 15) is 0 Å². The summed E-state index contributed by atoms with van der Waals surface area (Å²) in [6, 6.07) is 15.9. The molecule has 114 valence electrons. The van der Waals surface area contributed by atoms with Crippen molar-refractivity contribution in [2.24, 2.45) is 5.73 Å². The number of imidazole rings is 1. The van der Waals surface area contributed by atoms with E-state index in [0.717, 1.165) is 28.2 Å². The van der Waals surface area contributed by atoms with E-state index in [1.807, 2.05) is 42.5 Å². The van der Waals surface area contributed by atoms with E-state index < -0.39 is 0 Å². The van der Waals surface area contributed by atoms with Crippen molar-refractivity contribution in [3.8, 4) is 5.75 Å². The minimum absolute atomic E-state index is 0.281. The molecule has 0 radical (unpaired) electrons. The third-order valence-corrected chi connectivity index (χ3v) is 3.89. The smallest absolute Gasteiger partial charge is 0.131 e. The molecule has 22 heavy (non-hydrogen) atoms. The van der Waals surface area contributed by atoms with Gasteiger partial charge in [0.15, 0.2) is 0 Å². The van der Waals surface area contributed by atoms with Crippen LogP contribution in [0.3, 0.4) is 0 Å². The molecule has 0 aliphatic heterocycles. The Morgan fingerprint density at radius 2 is 1.73 bits per heavy atom. The lowest BCUT2D eigenvalue weighted by molar-refractivity contribution is 0.406. The molecule has 0 bridgehead atoms. The van der Waals surface area contributed by atoms with Crippen LogP contribution in [0.25, 0.3) is 11.0 Å². The zero-order valence-corrected chi connectivity index (χ0v) is 13.2. The van der Waals surface area contributed by atoms with Crippen LogP contribution >= 0.6 is 0 Å². The zero-order chi connectivity index (χ0) is 15.7. The minimum atomic E-state index is -0.328. The molecule has 0 aliphatic carbocycles. The first-order valence-electron chi connectivity index (χ1n) is 7.49. The van der Waals surface area contributed by atoms with Gasteiger partial charge in [-0.3, -0.25) is 0 Å². The van der Waals surface area contributed by atoms with Crippen LogP contribution in [0, 0.1) is 0 Å². The first-order chi connectivity index (χ1) is 10.6. The summed E-state index contributed by atoms with van der Waals surface area (Å²) in [4.78, 5) is 4.77. The van der Waals surface area contributed by atoms with E-state index >= 15 is 0 Å². The van der Waals surface area contributed by atoms with Crippen molar-refractivity contribution in [2.45, 2.75) is 25.9 Å². The summed E-state index contributed by atoms with van der Waals surface area (Å²) < 4.78 is 7.65. The van der Waals surface area contributed by atoms with E-state index in [-0.39, 0.29) is 12.1 Å². The molecule has 0 saturated carbocycles. The van der Waals surface area contributed by atoms with Gasteiger partial charge in [0, 0.05) is 11.6 Å². The standard InChI is InChI=1S/C18H21N3O/c1-12(2)21-15-10-6-5-9-14(15)20-18(21)17(19)13-8-4-7-11-16(13)22-3/h4-12,17H,19H2,1-3H3. The Morgan fingerprint density at radius 3 is 2.45 bits per heavy atom. The maximum atomic E-state index is 6.53. The number of nitrogens with two attached hydrogens (primary N) is 1. The van der Waals surface area contributed by atoms with Crippen LogP contribution in [0.2, 0.25) is 0 Å². The van der Waals surface area contributed by atoms with Crippen LogP contribution in [0.4, 0.5) is 0 Å². The number of aromatic nitrogens is 2. The van der Waals surface area contributed by atoms with Gasteiger partial charge in [-0.05, 0) is 32.0 Å². The van der Waals surface area contributed by atoms with Gasteiger partial charge in [0.05, 0.1) is 24.2 Å². The SMILES string of the molecule is COc1ccccc1C(N)c1nc2ccccc2n1C(C)C. The number of benzene rings is 2. The molecule has 0 aliphatic rings. The second-order valence-corrected chi connectivity index (χ2v) is 5.64. The molecule has 1 aromatic heterocycles. The van der Waals surface area contributed by atoms with Gasteiger partial charge in [-0.25, -0.2) is 4.98 Å². The summed E-state index contributed by atoms with van der Waals surface area (Å²) >= 11 is 0. The van der Waals surface area contributed by atoms with Gasteiger partial charge < -0.3 is 15.0 Å². The molecule has 1 heterocycles. The van der Waals surface area contributed by atoms with Crippen molar-refractivity contribution >= 4 is 11.0 Å². The molecule has 2 N–H and O–H groups in total. The topological polar surface area (TPSA) is 53.1 Å². The van der Waals surface area contributed by atoms with Gasteiger partial charge in [-0.2, -0.15) is 0 Å². The largest absolute Gasteiger partial charge is 0.496 e. The van der Waals surface area contributed by atoms with E-state index in [4.69, 9.17) is 15.5 Å². The average molecular weight is 295 g/mol. The lowest BCUT2D eigenvalue weighted by Crippen LogP contribution is -2.19. The summed E-state index contributed by atoms with van der Waals surface area (Å²) in [6.45, 7) is 4.29. The summed E-state index contributed by atoms with van der Waals surface area (Å²) in [7, 11) is 1.66. The van der Waals surface area contributed by atoms with Crippen molar-refractivity contribution < 1.29 is 4.74 Å². The van der Waals surface area contributed by atoms with Crippen molar-refractivity contribution in [3.05, 3.63) is 59.9 Å². The molecule has 0 fully saturated rings. The molecule has 3 aromatic rings. The fourth-order valence-electron chi connectivity index (χ4n) is 2.89. The number of ether oxygens (including phenoxy) is 1. The maximum absolute atomic E-state index is 6.53. The van der Waals surface area contributed by atoms with Gasteiger partial charge in [0.25, 0.3) is 0 Å². The van der Waals surface area contributed by atoms with Gasteiger partial charge in [-0.15, -0.1) is 0 Å². The van der Waals surface area contributed by atoms with Crippen LogP contribution in [-0.4, -0.2) is 16.7 Å². The summed E-state index contributed by atoms with van der Waals surface area (Å²) in [5.74, 6) is 1.65. The Labute approximate surface area is 130 Å². The highest BCUT2D eigenvalue weighted by atomic mass is 16.5. The summed E-state index contributed by atoms with van der Waals surface area (Å²) in [5.41, 5.74) is 9.56. The first-order valence-corrected chi connectivity index (χ1v) is 7.49. The van der Waals surface area contributed by atoms with Gasteiger partial charge >= 0.3 is 0 Å². The fourth-order valence-corrected chi connectivity index (χ4v) is 2.89. The Bertz CT molecular complexity index is 792. The van der Waals surface area contributed by atoms with E-state index in [0.29, 0.717) is 0 Å². The monoisotopic (exact) mass is 295 g/mol. The highest BCUT2D eigenvalue weighted by Gasteiger charge is 2.22. The normalized spacial score (nSPS) is 12.8. The molecule has 0 spiro atoms. The number of fused-ring (bicyclic) bond motifs is 1. The number of para-hydroxylation sites is 3. The molecule has 2 aromatic carbocycles. The summed E-state index contributed by atoms with van der Waals surface area (Å²) in [5, 5.41) is 0. The summed E-state index contributed by atoms with van der Waals surface area (Å²) in [6.07, 6.45) is 0. The van der Waals surface area contributed by atoms with Crippen molar-refractivity contribution in [1.82, 2.24) is 9.55 Å². The van der Waals surface area contributed by atoms with Crippen LogP contribution in [0.15, 0.2) is 48.5 Å². The minimum Gasteiger partial charge on any atom is -0.496 e. The number of rotatable bonds is 4. The molecular weight excluding hydrogens is 274 g/mol. The second kappa shape index (κ2) is 5.81. The maximum Gasteiger partial charge on any atom is 0.131 e. The molecular formula is C18H21N3O. The van der Waals surface area contributed by atoms with Crippen molar-refractivity contribution in [2.75, 3.05) is 7.11 Å². The van der Waals surface area contributed by atoms with E-state index in [1.54, 1.807) is 7.11 Å². The number of hydrogen-bond donors (Lipinski definition) is 1. The third kappa shape index (κ3) is 2.35. The Kier molecular flexibility index (Phi) is 3.86. The molecule has 1 atom stereocenters. The highest BCUT2D eigenvalue weighted by molar-refractivity contribution is 5.76. The zero-order valence-electron chi connectivity index (χ0n) is 13.2. The predicted octanol–water partition coefficient (Wildman–Crippen LogP) is 3.67. The van der Waals surface area contributed by atoms with E-state index in [1.165, 1.54) is 0 Å². The molecule has 3 rings (SSSR count). The average Bonchev–Trinajstić information content (AvgIpc) is 2.93. The van der Waals surface area contributed by atoms with Gasteiger partial charge in [0.1, 0.15) is 11.6 Å². The lowest BCUT2D eigenvalue weighted by atomic mass is 10.1. The fraction of sp³-hybridized carbons (Fsp3) is 0.278. The molecule has 1 unspecified atom stereocenters. The van der Waals surface area contributed by atoms with Crippen molar-refractivity contribution in [3.63, 3.8) is 0 Å². The molecule has 4 nitrogen and oxygen atoms in total. The molecule has 0 amide bonds. The third-order valence-electron chi connectivity index (χ3n) is 3.89. The van der Waals surface area contributed by atoms with Crippen LogP contribution < -0.4 is 10.5 Å². The second-order valence-electron chi connectivity index (χ2n) is 5.64. The number of hydrogen-bond acceptors (Lipinski definition) is 3. The Balaban J connectivity index is 2.19. The Hall–Kier alpha value is -2.33. The van der Waals surface area contributed by atoms with Crippen LogP contribution in [-0.2, 0) is 0 Å². The predicted molar refractivity (Wildman–Crippen MR) is 89.1 cm³/mol.